The second-order valence-electron chi connectivity index (χ2n) is 7.73. The number of methoxy groups -OCH3 is 1. The Balaban J connectivity index is 1.44. The summed E-state index contributed by atoms with van der Waals surface area (Å²) in [7, 11) is 1.54. The molecule has 0 aromatic heterocycles. The SMILES string of the molecule is CCOc1cc(/C=C2\SC(=O)N(CCOc3ccccc3OC)C2=O)ccc1OC(=O)c1ccccc1. The number of para-hydroxylation sites is 2. The molecule has 0 atom stereocenters. The first kappa shape index (κ1) is 25.8. The molecule has 0 aliphatic carbocycles. The normalized spacial score (nSPS) is 14.1. The molecule has 9 heteroatoms. The average molecular weight is 520 g/mol. The third kappa shape index (κ3) is 6.31. The van der Waals surface area contributed by atoms with Gasteiger partial charge in [-0.3, -0.25) is 14.5 Å². The number of hydrogen-bond acceptors (Lipinski definition) is 8. The van der Waals surface area contributed by atoms with Gasteiger partial charge in [0.05, 0.1) is 30.7 Å². The van der Waals surface area contributed by atoms with E-state index in [1.54, 1.807) is 67.8 Å². The molecule has 1 heterocycles. The van der Waals surface area contributed by atoms with E-state index in [2.05, 4.69) is 0 Å². The first-order chi connectivity index (χ1) is 18.0. The van der Waals surface area contributed by atoms with Crippen LogP contribution in [-0.4, -0.2) is 48.9 Å². The van der Waals surface area contributed by atoms with Gasteiger partial charge in [0.15, 0.2) is 23.0 Å². The van der Waals surface area contributed by atoms with E-state index in [9.17, 15) is 14.4 Å². The smallest absolute Gasteiger partial charge is 0.343 e. The van der Waals surface area contributed by atoms with Crippen LogP contribution in [0.1, 0.15) is 22.8 Å². The Kier molecular flexibility index (Phi) is 8.48. The van der Waals surface area contributed by atoms with Gasteiger partial charge in [-0.15, -0.1) is 0 Å². The maximum Gasteiger partial charge on any atom is 0.343 e. The highest BCUT2D eigenvalue weighted by Crippen LogP contribution is 2.35. The first-order valence-electron chi connectivity index (χ1n) is 11.6. The van der Waals surface area contributed by atoms with Crippen LogP contribution in [0, 0.1) is 0 Å². The predicted octanol–water partition coefficient (Wildman–Crippen LogP) is 5.43. The van der Waals surface area contributed by atoms with Crippen LogP contribution in [0.15, 0.2) is 77.7 Å². The zero-order valence-corrected chi connectivity index (χ0v) is 21.2. The highest BCUT2D eigenvalue weighted by atomic mass is 32.2. The van der Waals surface area contributed by atoms with Crippen molar-refractivity contribution in [3.63, 3.8) is 0 Å². The highest BCUT2D eigenvalue weighted by Gasteiger charge is 2.35. The summed E-state index contributed by atoms with van der Waals surface area (Å²) < 4.78 is 22.1. The van der Waals surface area contributed by atoms with Crippen molar-refractivity contribution in [2.24, 2.45) is 0 Å². The Bertz CT molecular complexity index is 1320. The average Bonchev–Trinajstić information content (AvgIpc) is 3.18. The lowest BCUT2D eigenvalue weighted by Crippen LogP contribution is -2.32. The lowest BCUT2D eigenvalue weighted by Gasteiger charge is -2.14. The van der Waals surface area contributed by atoms with Gasteiger partial charge in [-0.25, -0.2) is 4.79 Å². The number of hydrogen-bond donors (Lipinski definition) is 0. The van der Waals surface area contributed by atoms with E-state index < -0.39 is 11.9 Å². The Hall–Kier alpha value is -4.24. The van der Waals surface area contributed by atoms with Crippen molar-refractivity contribution in [3.8, 4) is 23.0 Å². The minimum atomic E-state index is -0.509. The van der Waals surface area contributed by atoms with Crippen molar-refractivity contribution in [2.75, 3.05) is 26.9 Å². The van der Waals surface area contributed by atoms with Crippen molar-refractivity contribution >= 4 is 35.0 Å². The van der Waals surface area contributed by atoms with Gasteiger partial charge in [-0.1, -0.05) is 36.4 Å². The monoisotopic (exact) mass is 519 g/mol. The number of amides is 2. The third-order valence-corrected chi connectivity index (χ3v) is 6.20. The summed E-state index contributed by atoms with van der Waals surface area (Å²) in [4.78, 5) is 39.3. The summed E-state index contributed by atoms with van der Waals surface area (Å²) >= 11 is 0.854. The standard InChI is InChI=1S/C28H25NO7S/c1-3-34-24-17-19(13-14-23(24)36-27(31)20-9-5-4-6-10-20)18-25-26(30)29(28(32)37-25)15-16-35-22-12-8-7-11-21(22)33-2/h4-14,17-18H,3,15-16H2,1-2H3/b25-18-. The number of benzene rings is 3. The van der Waals surface area contributed by atoms with Crippen LogP contribution in [0.4, 0.5) is 4.79 Å². The van der Waals surface area contributed by atoms with E-state index in [-0.39, 0.29) is 29.0 Å². The first-order valence-corrected chi connectivity index (χ1v) is 12.4. The Morgan fingerprint density at radius 2 is 1.62 bits per heavy atom. The number of rotatable bonds is 10. The van der Waals surface area contributed by atoms with Crippen LogP contribution in [0.5, 0.6) is 23.0 Å². The quantitative estimate of drug-likeness (QED) is 0.199. The molecule has 37 heavy (non-hydrogen) atoms. The second-order valence-corrected chi connectivity index (χ2v) is 8.72. The molecule has 1 aliphatic rings. The lowest BCUT2D eigenvalue weighted by atomic mass is 10.1. The number of carbonyl (C=O) groups excluding carboxylic acids is 3. The molecule has 0 radical (unpaired) electrons. The molecule has 3 aromatic rings. The Labute approximate surface area is 218 Å². The number of imide groups is 1. The van der Waals surface area contributed by atoms with Crippen LogP contribution in [-0.2, 0) is 4.79 Å². The van der Waals surface area contributed by atoms with Gasteiger partial charge in [-0.2, -0.15) is 0 Å². The van der Waals surface area contributed by atoms with Crippen molar-refractivity contribution in [1.29, 1.82) is 0 Å². The molecule has 1 fully saturated rings. The fourth-order valence-electron chi connectivity index (χ4n) is 3.53. The van der Waals surface area contributed by atoms with Crippen molar-refractivity contribution in [3.05, 3.63) is 88.8 Å². The van der Waals surface area contributed by atoms with Gasteiger partial charge >= 0.3 is 5.97 Å². The zero-order valence-electron chi connectivity index (χ0n) is 20.3. The summed E-state index contributed by atoms with van der Waals surface area (Å²) in [6.45, 7) is 2.39. The Morgan fingerprint density at radius 1 is 0.892 bits per heavy atom. The molecule has 0 unspecified atom stereocenters. The number of ether oxygens (including phenoxy) is 4. The van der Waals surface area contributed by atoms with E-state index in [0.717, 1.165) is 16.7 Å². The summed E-state index contributed by atoms with van der Waals surface area (Å²) in [6, 6.07) is 20.7. The second kappa shape index (κ2) is 12.1. The van der Waals surface area contributed by atoms with E-state index >= 15 is 0 Å². The molecular weight excluding hydrogens is 494 g/mol. The molecule has 190 valence electrons. The Morgan fingerprint density at radius 3 is 2.35 bits per heavy atom. The highest BCUT2D eigenvalue weighted by molar-refractivity contribution is 8.18. The van der Waals surface area contributed by atoms with E-state index in [4.69, 9.17) is 18.9 Å². The molecule has 0 N–H and O–H groups in total. The van der Waals surface area contributed by atoms with Gasteiger partial charge in [-0.05, 0) is 66.7 Å². The molecule has 0 spiro atoms. The molecular formula is C28H25NO7S. The van der Waals surface area contributed by atoms with Crippen molar-refractivity contribution in [1.82, 2.24) is 4.90 Å². The largest absolute Gasteiger partial charge is 0.493 e. The van der Waals surface area contributed by atoms with Gasteiger partial charge in [0, 0.05) is 0 Å². The van der Waals surface area contributed by atoms with Crippen molar-refractivity contribution < 1.29 is 33.3 Å². The van der Waals surface area contributed by atoms with E-state index in [1.807, 2.05) is 25.1 Å². The molecule has 0 saturated carbocycles. The molecule has 0 bridgehead atoms. The lowest BCUT2D eigenvalue weighted by molar-refractivity contribution is -0.123. The maximum absolute atomic E-state index is 12.9. The third-order valence-electron chi connectivity index (χ3n) is 5.29. The minimum Gasteiger partial charge on any atom is -0.493 e. The summed E-state index contributed by atoms with van der Waals surface area (Å²) in [6.07, 6.45) is 1.61. The van der Waals surface area contributed by atoms with Gasteiger partial charge < -0.3 is 18.9 Å². The van der Waals surface area contributed by atoms with Crippen LogP contribution in [0.2, 0.25) is 0 Å². The van der Waals surface area contributed by atoms with Gasteiger partial charge in [0.25, 0.3) is 11.1 Å². The number of thioether (sulfide) groups is 1. The summed E-state index contributed by atoms with van der Waals surface area (Å²) in [5.74, 6) is 0.796. The van der Waals surface area contributed by atoms with Crippen LogP contribution in [0.3, 0.4) is 0 Å². The van der Waals surface area contributed by atoms with Crippen LogP contribution in [0.25, 0.3) is 6.08 Å². The topological polar surface area (TPSA) is 91.4 Å². The number of esters is 1. The molecule has 2 amide bonds. The molecule has 4 rings (SSSR count). The fourth-order valence-corrected chi connectivity index (χ4v) is 4.39. The van der Waals surface area contributed by atoms with Gasteiger partial charge in [0.2, 0.25) is 0 Å². The zero-order chi connectivity index (χ0) is 26.2. The van der Waals surface area contributed by atoms with E-state index in [0.29, 0.717) is 35.0 Å². The number of nitrogens with zero attached hydrogens (tertiary/aromatic N) is 1. The summed E-state index contributed by atoms with van der Waals surface area (Å²) in [5.41, 5.74) is 1.04. The number of carbonyl (C=O) groups is 3. The maximum atomic E-state index is 12.9. The van der Waals surface area contributed by atoms with Crippen LogP contribution >= 0.6 is 11.8 Å². The molecule has 1 saturated heterocycles. The van der Waals surface area contributed by atoms with E-state index in [1.165, 1.54) is 0 Å². The summed E-state index contributed by atoms with van der Waals surface area (Å²) in [5, 5.41) is -0.377. The van der Waals surface area contributed by atoms with Crippen molar-refractivity contribution in [2.45, 2.75) is 6.92 Å². The minimum absolute atomic E-state index is 0.0959. The molecule has 1 aliphatic heterocycles. The van der Waals surface area contributed by atoms with Gasteiger partial charge in [0.1, 0.15) is 6.61 Å². The molecule has 8 nitrogen and oxygen atoms in total. The predicted molar refractivity (Wildman–Crippen MR) is 140 cm³/mol. The molecule has 3 aromatic carbocycles. The fraction of sp³-hybridized carbons (Fsp3) is 0.179. The van der Waals surface area contributed by atoms with Crippen LogP contribution < -0.4 is 18.9 Å².